The Kier molecular flexibility index (Phi) is 4.13. The standard InChI is InChI=1S/C16H28N4/c1-12(2)20-10-13-5-4-6-14(11-20)16(13)17-9-15-7-8-19(3)18-15/h7-8,12-14,16-17H,4-6,9-11H2,1-3H3. The van der Waals surface area contributed by atoms with Crippen molar-refractivity contribution in [3.05, 3.63) is 18.0 Å². The molecule has 4 nitrogen and oxygen atoms in total. The van der Waals surface area contributed by atoms with Crippen LogP contribution in [-0.4, -0.2) is 39.9 Å². The number of nitrogens with zero attached hydrogens (tertiary/aromatic N) is 3. The van der Waals surface area contributed by atoms with Crippen molar-refractivity contribution in [3.63, 3.8) is 0 Å². The third kappa shape index (κ3) is 2.91. The van der Waals surface area contributed by atoms with Crippen LogP contribution in [0.2, 0.25) is 0 Å². The van der Waals surface area contributed by atoms with E-state index in [4.69, 9.17) is 0 Å². The molecule has 1 N–H and O–H groups in total. The van der Waals surface area contributed by atoms with Crippen LogP contribution in [0.1, 0.15) is 38.8 Å². The lowest BCUT2D eigenvalue weighted by Gasteiger charge is -2.49. The second-order valence-electron chi connectivity index (χ2n) is 6.89. The maximum Gasteiger partial charge on any atom is 0.0762 e. The van der Waals surface area contributed by atoms with Gasteiger partial charge in [-0.25, -0.2) is 0 Å². The molecule has 1 aromatic heterocycles. The summed E-state index contributed by atoms with van der Waals surface area (Å²) in [6.07, 6.45) is 6.22. The third-order valence-electron chi connectivity index (χ3n) is 5.12. The minimum absolute atomic E-state index is 0.690. The number of piperidine rings is 1. The molecule has 1 aromatic rings. The predicted molar refractivity (Wildman–Crippen MR) is 81.4 cm³/mol. The third-order valence-corrected chi connectivity index (χ3v) is 5.12. The van der Waals surface area contributed by atoms with Gasteiger partial charge in [-0.1, -0.05) is 6.42 Å². The first kappa shape index (κ1) is 14.1. The van der Waals surface area contributed by atoms with E-state index in [1.54, 1.807) is 0 Å². The molecule has 2 unspecified atom stereocenters. The summed E-state index contributed by atoms with van der Waals surface area (Å²) in [4.78, 5) is 2.67. The van der Waals surface area contributed by atoms with E-state index in [0.717, 1.165) is 24.1 Å². The Morgan fingerprint density at radius 1 is 1.30 bits per heavy atom. The molecule has 0 aromatic carbocycles. The van der Waals surface area contributed by atoms with E-state index in [0.29, 0.717) is 12.1 Å². The second-order valence-corrected chi connectivity index (χ2v) is 6.89. The normalized spacial score (nSPS) is 30.9. The highest BCUT2D eigenvalue weighted by Gasteiger charge is 2.39. The predicted octanol–water partition coefficient (Wildman–Crippen LogP) is 2.02. The van der Waals surface area contributed by atoms with E-state index in [2.05, 4.69) is 35.2 Å². The molecule has 2 atom stereocenters. The summed E-state index contributed by atoms with van der Waals surface area (Å²) in [6.45, 7) is 8.12. The lowest BCUT2D eigenvalue weighted by molar-refractivity contribution is 0.0288. The van der Waals surface area contributed by atoms with E-state index < -0.39 is 0 Å². The van der Waals surface area contributed by atoms with Crippen molar-refractivity contribution in [2.45, 2.75) is 51.7 Å². The first-order valence-electron chi connectivity index (χ1n) is 8.09. The minimum atomic E-state index is 0.690. The highest BCUT2D eigenvalue weighted by molar-refractivity contribution is 5.01. The average Bonchev–Trinajstić information content (AvgIpc) is 2.81. The number of hydrogen-bond acceptors (Lipinski definition) is 3. The van der Waals surface area contributed by atoms with Crippen LogP contribution in [0.25, 0.3) is 0 Å². The zero-order valence-electron chi connectivity index (χ0n) is 13.0. The maximum atomic E-state index is 4.48. The zero-order chi connectivity index (χ0) is 14.1. The van der Waals surface area contributed by atoms with Gasteiger partial charge in [-0.2, -0.15) is 5.10 Å². The highest BCUT2D eigenvalue weighted by atomic mass is 15.3. The van der Waals surface area contributed by atoms with Gasteiger partial charge < -0.3 is 10.2 Å². The summed E-state index contributed by atoms with van der Waals surface area (Å²) in [7, 11) is 1.99. The van der Waals surface area contributed by atoms with Gasteiger partial charge in [0, 0.05) is 45.0 Å². The Balaban J connectivity index is 1.61. The van der Waals surface area contributed by atoms with E-state index >= 15 is 0 Å². The van der Waals surface area contributed by atoms with Crippen LogP contribution < -0.4 is 5.32 Å². The van der Waals surface area contributed by atoms with E-state index in [1.165, 1.54) is 32.4 Å². The second kappa shape index (κ2) is 5.86. The molecular formula is C16H28N4. The Labute approximate surface area is 122 Å². The van der Waals surface area contributed by atoms with Gasteiger partial charge in [0.1, 0.15) is 0 Å². The molecule has 2 bridgehead atoms. The van der Waals surface area contributed by atoms with Crippen molar-refractivity contribution in [2.75, 3.05) is 13.1 Å². The van der Waals surface area contributed by atoms with Crippen molar-refractivity contribution in [3.8, 4) is 0 Å². The molecule has 3 rings (SSSR count). The summed E-state index contributed by atoms with van der Waals surface area (Å²) in [6, 6.07) is 3.50. The van der Waals surface area contributed by atoms with Crippen molar-refractivity contribution in [1.82, 2.24) is 20.0 Å². The highest BCUT2D eigenvalue weighted by Crippen LogP contribution is 2.35. The van der Waals surface area contributed by atoms with Gasteiger partial charge in [0.25, 0.3) is 0 Å². The van der Waals surface area contributed by atoms with Crippen LogP contribution in [0.15, 0.2) is 12.3 Å². The molecule has 2 heterocycles. The fourth-order valence-electron chi connectivity index (χ4n) is 4.01. The summed E-state index contributed by atoms with van der Waals surface area (Å²) < 4.78 is 1.89. The topological polar surface area (TPSA) is 33.1 Å². The van der Waals surface area contributed by atoms with Crippen LogP contribution in [0, 0.1) is 11.8 Å². The van der Waals surface area contributed by atoms with Gasteiger partial charge in [0.15, 0.2) is 0 Å². The van der Waals surface area contributed by atoms with Gasteiger partial charge in [-0.05, 0) is 44.6 Å². The van der Waals surface area contributed by atoms with E-state index in [9.17, 15) is 0 Å². The molecule has 2 fully saturated rings. The average molecular weight is 276 g/mol. The molecule has 1 saturated carbocycles. The Morgan fingerprint density at radius 2 is 2.00 bits per heavy atom. The van der Waals surface area contributed by atoms with Crippen molar-refractivity contribution >= 4 is 0 Å². The van der Waals surface area contributed by atoms with Gasteiger partial charge in [-0.15, -0.1) is 0 Å². The number of hydrogen-bond donors (Lipinski definition) is 1. The van der Waals surface area contributed by atoms with Crippen LogP contribution in [0.3, 0.4) is 0 Å². The van der Waals surface area contributed by atoms with Crippen molar-refractivity contribution in [2.24, 2.45) is 18.9 Å². The van der Waals surface area contributed by atoms with Gasteiger partial charge in [0.2, 0.25) is 0 Å². The zero-order valence-corrected chi connectivity index (χ0v) is 13.0. The quantitative estimate of drug-likeness (QED) is 0.913. The van der Waals surface area contributed by atoms with E-state index in [1.807, 2.05) is 17.9 Å². The maximum absolute atomic E-state index is 4.48. The van der Waals surface area contributed by atoms with Gasteiger partial charge in [0.05, 0.1) is 5.69 Å². The fourth-order valence-corrected chi connectivity index (χ4v) is 4.01. The van der Waals surface area contributed by atoms with Gasteiger partial charge in [-0.3, -0.25) is 4.68 Å². The lowest BCUT2D eigenvalue weighted by atomic mass is 9.73. The Bertz CT molecular complexity index is 425. The van der Waals surface area contributed by atoms with Crippen molar-refractivity contribution in [1.29, 1.82) is 0 Å². The van der Waals surface area contributed by atoms with Crippen molar-refractivity contribution < 1.29 is 0 Å². The lowest BCUT2D eigenvalue weighted by Crippen LogP contribution is -2.58. The molecule has 1 aliphatic heterocycles. The molecule has 0 spiro atoms. The molecule has 2 aliphatic rings. The number of aromatic nitrogens is 2. The summed E-state index contributed by atoms with van der Waals surface area (Å²) >= 11 is 0. The van der Waals surface area contributed by atoms with Crippen LogP contribution in [0.4, 0.5) is 0 Å². The molecule has 0 amide bonds. The molecule has 1 saturated heterocycles. The number of fused-ring (bicyclic) bond motifs is 2. The molecule has 0 radical (unpaired) electrons. The molecule has 112 valence electrons. The first-order valence-corrected chi connectivity index (χ1v) is 8.09. The summed E-state index contributed by atoms with van der Waals surface area (Å²) in [5, 5.41) is 8.29. The van der Waals surface area contributed by atoms with Crippen LogP contribution in [0.5, 0.6) is 0 Å². The number of rotatable bonds is 4. The smallest absolute Gasteiger partial charge is 0.0762 e. The fraction of sp³-hybridized carbons (Fsp3) is 0.812. The number of aryl methyl sites for hydroxylation is 1. The SMILES string of the molecule is CC(C)N1CC2CCCC(C1)C2NCc1ccn(C)n1. The molecule has 4 heteroatoms. The minimum Gasteiger partial charge on any atom is -0.308 e. The largest absolute Gasteiger partial charge is 0.308 e. The van der Waals surface area contributed by atoms with Crippen LogP contribution in [-0.2, 0) is 13.6 Å². The molecule has 20 heavy (non-hydrogen) atoms. The monoisotopic (exact) mass is 276 g/mol. The Morgan fingerprint density at radius 3 is 2.55 bits per heavy atom. The Hall–Kier alpha value is -0.870. The summed E-state index contributed by atoms with van der Waals surface area (Å²) in [5.74, 6) is 1.65. The number of nitrogens with one attached hydrogen (secondary N) is 1. The molecule has 1 aliphatic carbocycles. The summed E-state index contributed by atoms with van der Waals surface area (Å²) in [5.41, 5.74) is 1.16. The van der Waals surface area contributed by atoms with E-state index in [-0.39, 0.29) is 0 Å². The molecular weight excluding hydrogens is 248 g/mol. The van der Waals surface area contributed by atoms with Gasteiger partial charge >= 0.3 is 0 Å². The first-order chi connectivity index (χ1) is 9.63. The number of likely N-dealkylation sites (tertiary alicyclic amines) is 1. The van der Waals surface area contributed by atoms with Crippen LogP contribution >= 0.6 is 0 Å².